The lowest BCUT2D eigenvalue weighted by molar-refractivity contribution is -0.206. The van der Waals surface area contributed by atoms with Gasteiger partial charge in [-0.15, -0.1) is 0 Å². The molecule has 4 atom stereocenters. The van der Waals surface area contributed by atoms with Gasteiger partial charge in [0, 0.05) is 0 Å². The van der Waals surface area contributed by atoms with Gasteiger partial charge in [-0.3, -0.25) is 9.88 Å². The van der Waals surface area contributed by atoms with Gasteiger partial charge in [-0.2, -0.15) is 0 Å². The summed E-state index contributed by atoms with van der Waals surface area (Å²) in [4.78, 5) is 24.1. The standard InChI is InChI=1S/C16H22FN5O6/c1-14(2,3)28-13(25)21-9-8-10(19-6-18-9)22(7-20-8)12-15(4,26)11(24)16(17,5-23)27-12/h6-7,11-12,23-24,26H,5H2,1-4H3,(H,18,19,21,25)/t11-,12+,15+,16+/m0/s1. The molecular weight excluding hydrogens is 377 g/mol. The van der Waals surface area contributed by atoms with Crippen LogP contribution < -0.4 is 5.32 Å². The van der Waals surface area contributed by atoms with Crippen LogP contribution in [0.5, 0.6) is 0 Å². The lowest BCUT2D eigenvalue weighted by Gasteiger charge is -2.27. The first-order valence-corrected chi connectivity index (χ1v) is 8.44. The number of hydrogen-bond donors (Lipinski definition) is 4. The zero-order valence-corrected chi connectivity index (χ0v) is 15.7. The van der Waals surface area contributed by atoms with Crippen molar-refractivity contribution in [3.8, 4) is 0 Å². The predicted octanol–water partition coefficient (Wildman–Crippen LogP) is 0.472. The second kappa shape index (κ2) is 6.58. The van der Waals surface area contributed by atoms with Crippen molar-refractivity contribution in [2.75, 3.05) is 11.9 Å². The van der Waals surface area contributed by atoms with E-state index >= 15 is 0 Å². The average Bonchev–Trinajstić information content (AvgIpc) is 3.08. The van der Waals surface area contributed by atoms with Gasteiger partial charge in [0.1, 0.15) is 30.2 Å². The van der Waals surface area contributed by atoms with Crippen LogP contribution >= 0.6 is 0 Å². The Labute approximate surface area is 159 Å². The van der Waals surface area contributed by atoms with E-state index in [9.17, 15) is 24.5 Å². The molecule has 1 aliphatic heterocycles. The number of nitrogens with zero attached hydrogens (tertiary/aromatic N) is 4. The Balaban J connectivity index is 1.96. The zero-order chi connectivity index (χ0) is 20.9. The molecule has 2 aromatic heterocycles. The van der Waals surface area contributed by atoms with E-state index in [1.807, 2.05) is 0 Å². The second-order valence-electron chi connectivity index (χ2n) is 7.72. The number of nitrogens with one attached hydrogen (secondary N) is 1. The van der Waals surface area contributed by atoms with Crippen molar-refractivity contribution in [1.82, 2.24) is 19.5 Å². The van der Waals surface area contributed by atoms with Crippen LogP contribution in [-0.2, 0) is 9.47 Å². The zero-order valence-electron chi connectivity index (χ0n) is 15.7. The van der Waals surface area contributed by atoms with Crippen LogP contribution in [0.25, 0.3) is 11.2 Å². The van der Waals surface area contributed by atoms with E-state index in [0.717, 1.165) is 13.3 Å². The first-order chi connectivity index (χ1) is 12.9. The summed E-state index contributed by atoms with van der Waals surface area (Å²) in [6.45, 7) is 5.10. The number of imidazole rings is 1. The lowest BCUT2D eigenvalue weighted by atomic mass is 9.95. The number of halogens is 1. The topological polar surface area (TPSA) is 152 Å². The molecule has 12 heteroatoms. The monoisotopic (exact) mass is 399 g/mol. The summed E-state index contributed by atoms with van der Waals surface area (Å²) in [5, 5.41) is 32.3. The fourth-order valence-electron chi connectivity index (χ4n) is 2.92. The third-order valence-electron chi connectivity index (χ3n) is 4.22. The Morgan fingerprint density at radius 2 is 2.11 bits per heavy atom. The predicted molar refractivity (Wildman–Crippen MR) is 92.9 cm³/mol. The first kappa shape index (κ1) is 20.3. The van der Waals surface area contributed by atoms with Gasteiger partial charge in [-0.1, -0.05) is 0 Å². The molecule has 0 saturated carbocycles. The fourth-order valence-corrected chi connectivity index (χ4v) is 2.92. The molecular formula is C16H22FN5O6. The van der Waals surface area contributed by atoms with Gasteiger partial charge in [0.25, 0.3) is 5.85 Å². The molecule has 1 amide bonds. The summed E-state index contributed by atoms with van der Waals surface area (Å²) in [5.74, 6) is -2.83. The molecule has 1 aliphatic rings. The number of ether oxygens (including phenoxy) is 2. The van der Waals surface area contributed by atoms with E-state index in [-0.39, 0.29) is 17.0 Å². The van der Waals surface area contributed by atoms with Crippen LogP contribution in [0.2, 0.25) is 0 Å². The number of anilines is 1. The molecule has 2 aromatic rings. The van der Waals surface area contributed by atoms with Crippen LogP contribution in [0, 0.1) is 0 Å². The number of fused-ring (bicyclic) bond motifs is 1. The maximum Gasteiger partial charge on any atom is 0.413 e. The summed E-state index contributed by atoms with van der Waals surface area (Å²) in [6.07, 6.45) is -1.91. The molecule has 28 heavy (non-hydrogen) atoms. The highest BCUT2D eigenvalue weighted by molar-refractivity contribution is 5.93. The summed E-state index contributed by atoms with van der Waals surface area (Å²) in [7, 11) is 0. The number of alkyl halides is 1. The van der Waals surface area contributed by atoms with Crippen LogP contribution in [0.4, 0.5) is 15.0 Å². The Bertz CT molecular complexity index is 897. The quantitative estimate of drug-likeness (QED) is 0.577. The third kappa shape index (κ3) is 3.39. The molecule has 0 spiro atoms. The van der Waals surface area contributed by atoms with Crippen molar-refractivity contribution >= 4 is 23.1 Å². The molecule has 0 radical (unpaired) electrons. The van der Waals surface area contributed by atoms with Crippen LogP contribution in [0.15, 0.2) is 12.7 Å². The normalized spacial score (nSPS) is 30.6. The van der Waals surface area contributed by atoms with Gasteiger partial charge in [-0.25, -0.2) is 24.1 Å². The van der Waals surface area contributed by atoms with Crippen molar-refractivity contribution in [2.45, 2.75) is 57.1 Å². The summed E-state index contributed by atoms with van der Waals surface area (Å²) < 4.78 is 26.0. The van der Waals surface area contributed by atoms with Crippen LogP contribution in [-0.4, -0.2) is 70.7 Å². The molecule has 4 N–H and O–H groups in total. The number of aromatic nitrogens is 4. The molecule has 0 aromatic carbocycles. The van der Waals surface area contributed by atoms with Crippen LogP contribution in [0.1, 0.15) is 33.9 Å². The molecule has 0 unspecified atom stereocenters. The van der Waals surface area contributed by atoms with Gasteiger partial charge < -0.3 is 24.8 Å². The van der Waals surface area contributed by atoms with Crippen molar-refractivity contribution in [3.63, 3.8) is 0 Å². The molecule has 11 nitrogen and oxygen atoms in total. The molecule has 3 heterocycles. The number of aliphatic hydroxyl groups is 3. The molecule has 0 aliphatic carbocycles. The minimum Gasteiger partial charge on any atom is -0.444 e. The summed E-state index contributed by atoms with van der Waals surface area (Å²) in [5.41, 5.74) is -2.60. The minimum atomic E-state index is -2.87. The van der Waals surface area contributed by atoms with E-state index in [1.165, 1.54) is 10.9 Å². The third-order valence-corrected chi connectivity index (χ3v) is 4.22. The van der Waals surface area contributed by atoms with E-state index in [0.29, 0.717) is 0 Å². The van der Waals surface area contributed by atoms with Crippen molar-refractivity contribution in [1.29, 1.82) is 0 Å². The van der Waals surface area contributed by atoms with E-state index < -0.39 is 42.1 Å². The highest BCUT2D eigenvalue weighted by atomic mass is 19.2. The fraction of sp³-hybridized carbons (Fsp3) is 0.625. The van der Waals surface area contributed by atoms with E-state index in [1.54, 1.807) is 20.8 Å². The highest BCUT2D eigenvalue weighted by Gasteiger charge is 2.62. The first-order valence-electron chi connectivity index (χ1n) is 8.44. The number of aliphatic hydroxyl groups excluding tert-OH is 2. The maximum atomic E-state index is 14.6. The largest absolute Gasteiger partial charge is 0.444 e. The van der Waals surface area contributed by atoms with Crippen molar-refractivity contribution in [2.24, 2.45) is 0 Å². The SMILES string of the molecule is CC(C)(C)OC(=O)Nc1ncnc2c1ncn2[C@@H]1O[C@](F)(CO)[C@@H](O)[C@@]1(C)O. The molecule has 3 rings (SSSR count). The average molecular weight is 399 g/mol. The molecule has 1 saturated heterocycles. The maximum absolute atomic E-state index is 14.6. The number of hydrogen-bond acceptors (Lipinski definition) is 9. The van der Waals surface area contributed by atoms with E-state index in [4.69, 9.17) is 9.47 Å². The van der Waals surface area contributed by atoms with Crippen molar-refractivity contribution in [3.05, 3.63) is 12.7 Å². The number of amides is 1. The van der Waals surface area contributed by atoms with Gasteiger partial charge in [0.05, 0.1) is 6.33 Å². The molecule has 1 fully saturated rings. The minimum absolute atomic E-state index is 0.0323. The Kier molecular flexibility index (Phi) is 4.78. The van der Waals surface area contributed by atoms with Gasteiger partial charge in [-0.05, 0) is 27.7 Å². The van der Waals surface area contributed by atoms with Gasteiger partial charge >= 0.3 is 6.09 Å². The molecule has 154 valence electrons. The van der Waals surface area contributed by atoms with Gasteiger partial charge in [0.15, 0.2) is 23.2 Å². The number of rotatable bonds is 3. The summed E-state index contributed by atoms with van der Waals surface area (Å²) >= 11 is 0. The second-order valence-corrected chi connectivity index (χ2v) is 7.72. The highest BCUT2D eigenvalue weighted by Crippen LogP contribution is 2.45. The number of carbonyl (C=O) groups is 1. The summed E-state index contributed by atoms with van der Waals surface area (Å²) in [6, 6.07) is 0. The smallest absolute Gasteiger partial charge is 0.413 e. The number of carbonyl (C=O) groups excluding carboxylic acids is 1. The Morgan fingerprint density at radius 1 is 1.43 bits per heavy atom. The van der Waals surface area contributed by atoms with Crippen LogP contribution in [0.3, 0.4) is 0 Å². The van der Waals surface area contributed by atoms with E-state index in [2.05, 4.69) is 20.3 Å². The lowest BCUT2D eigenvalue weighted by Crippen LogP contribution is -2.48. The van der Waals surface area contributed by atoms with Gasteiger partial charge in [0.2, 0.25) is 0 Å². The Morgan fingerprint density at radius 3 is 2.68 bits per heavy atom. The Hall–Kier alpha value is -2.41. The molecule has 0 bridgehead atoms. The van der Waals surface area contributed by atoms with Crippen molar-refractivity contribution < 1.29 is 34.0 Å².